The number of hydrogen-bond donors (Lipinski definition) is 6. The van der Waals surface area contributed by atoms with E-state index in [1.807, 2.05) is 101 Å². The molecule has 0 aliphatic carbocycles. The molecule has 3 atom stereocenters. The summed E-state index contributed by atoms with van der Waals surface area (Å²) in [7, 11) is 0. The molecule has 2 aromatic heterocycles. The molecule has 3 aliphatic heterocycles. The first kappa shape index (κ1) is 60.2. The van der Waals surface area contributed by atoms with Gasteiger partial charge in [0.15, 0.2) is 5.82 Å². The fourth-order valence-corrected chi connectivity index (χ4v) is 11.6. The van der Waals surface area contributed by atoms with Crippen LogP contribution in [0.25, 0.3) is 21.3 Å². The number of aromatic nitrogens is 3. The second-order valence-electron chi connectivity index (χ2n) is 22.8. The number of thiazole rings is 1. The number of ether oxygens (including phenoxy) is 3. The highest BCUT2D eigenvalue weighted by Crippen LogP contribution is 2.32. The number of hydrogen-bond acceptors (Lipinski definition) is 14. The van der Waals surface area contributed by atoms with Crippen molar-refractivity contribution in [2.24, 2.45) is 11.3 Å². The molecule has 0 saturated carbocycles. The summed E-state index contributed by atoms with van der Waals surface area (Å²) in [6.45, 7) is 15.0. The van der Waals surface area contributed by atoms with Gasteiger partial charge in [-0.15, -0.1) is 11.3 Å². The van der Waals surface area contributed by atoms with Gasteiger partial charge >= 0.3 is 0 Å². The average Bonchev–Trinajstić information content (AvgIpc) is 4.05. The molecule has 0 bridgehead atoms. The Labute approximate surface area is 486 Å². The topological polar surface area (TPSA) is 224 Å². The summed E-state index contributed by atoms with van der Waals surface area (Å²) in [5, 5.41) is 23.4. The van der Waals surface area contributed by atoms with E-state index in [0.717, 1.165) is 51.9 Å². The van der Waals surface area contributed by atoms with Gasteiger partial charge in [-0.1, -0.05) is 58.0 Å². The van der Waals surface area contributed by atoms with Crippen molar-refractivity contribution in [1.29, 1.82) is 0 Å². The summed E-state index contributed by atoms with van der Waals surface area (Å²) < 4.78 is 44.8. The van der Waals surface area contributed by atoms with Gasteiger partial charge in [-0.2, -0.15) is 5.10 Å². The van der Waals surface area contributed by atoms with Crippen molar-refractivity contribution >= 4 is 69.0 Å². The highest BCUT2D eigenvalue weighted by molar-refractivity contribution is 7.13. The number of H-pyrrole nitrogens is 1. The number of benzene rings is 4. The first-order valence-electron chi connectivity index (χ1n) is 28.4. The van der Waals surface area contributed by atoms with Crippen LogP contribution >= 0.6 is 11.3 Å². The number of amides is 5. The normalized spacial score (nSPS) is 17.3. The molecule has 3 saturated heterocycles. The van der Waals surface area contributed by atoms with E-state index in [1.165, 1.54) is 12.1 Å². The number of halogens is 2. The Morgan fingerprint density at radius 3 is 2.30 bits per heavy atom. The number of aryl methyl sites for hydroxylation is 1. The molecular formula is C61H75F2N11O8S. The summed E-state index contributed by atoms with van der Waals surface area (Å²) in [6, 6.07) is 21.3. The van der Waals surface area contributed by atoms with Crippen LogP contribution in [0.1, 0.15) is 79.7 Å². The number of aromatic amines is 1. The van der Waals surface area contributed by atoms with Crippen molar-refractivity contribution in [2.45, 2.75) is 85.0 Å². The lowest BCUT2D eigenvalue weighted by Gasteiger charge is -2.36. The van der Waals surface area contributed by atoms with Gasteiger partial charge in [0.1, 0.15) is 30.3 Å². The maximum atomic E-state index is 14.1. The molecule has 3 fully saturated rings. The highest BCUT2D eigenvalue weighted by Gasteiger charge is 2.44. The van der Waals surface area contributed by atoms with Gasteiger partial charge < -0.3 is 50.6 Å². The molecule has 9 rings (SSSR count). The Kier molecular flexibility index (Phi) is 20.2. The summed E-state index contributed by atoms with van der Waals surface area (Å²) in [5.41, 5.74) is 8.20. The molecule has 19 nitrogen and oxygen atoms in total. The van der Waals surface area contributed by atoms with E-state index in [2.05, 4.69) is 51.6 Å². The zero-order valence-electron chi connectivity index (χ0n) is 47.8. The van der Waals surface area contributed by atoms with Crippen molar-refractivity contribution in [3.8, 4) is 10.4 Å². The number of anilines is 3. The van der Waals surface area contributed by atoms with Crippen molar-refractivity contribution in [3.63, 3.8) is 0 Å². The van der Waals surface area contributed by atoms with Crippen LogP contribution in [0.4, 0.5) is 26.0 Å². The molecule has 5 heterocycles. The van der Waals surface area contributed by atoms with Gasteiger partial charge in [-0.05, 0) is 109 Å². The molecule has 3 aliphatic rings. The van der Waals surface area contributed by atoms with Crippen molar-refractivity contribution in [1.82, 2.24) is 40.9 Å². The van der Waals surface area contributed by atoms with Gasteiger partial charge in [0, 0.05) is 87.9 Å². The number of carbonyl (C=O) groups excluding carboxylic acids is 5. The van der Waals surface area contributed by atoms with E-state index < -0.39 is 35.0 Å². The third-order valence-corrected chi connectivity index (χ3v) is 16.2. The first-order chi connectivity index (χ1) is 39.9. The number of nitrogens with one attached hydrogen (secondary N) is 6. The third-order valence-electron chi connectivity index (χ3n) is 15.2. The second kappa shape index (κ2) is 27.8. The van der Waals surface area contributed by atoms with E-state index in [4.69, 9.17) is 14.2 Å². The number of rotatable bonds is 23. The minimum atomic E-state index is -0.893. The molecule has 22 heteroatoms. The molecule has 0 spiro atoms. The van der Waals surface area contributed by atoms with Crippen LogP contribution in [0.5, 0.6) is 0 Å². The molecule has 6 N–H and O–H groups in total. The number of nitrogens with zero attached hydrogens (tertiary/aromatic N) is 5. The Balaban J connectivity index is 0.678. The summed E-state index contributed by atoms with van der Waals surface area (Å²) in [4.78, 5) is 79.3. The Bertz CT molecular complexity index is 3210. The van der Waals surface area contributed by atoms with Gasteiger partial charge in [-0.25, -0.2) is 13.8 Å². The Hall–Kier alpha value is -7.37. The van der Waals surface area contributed by atoms with Crippen LogP contribution in [0.2, 0.25) is 0 Å². The van der Waals surface area contributed by atoms with Crippen LogP contribution in [-0.2, 0) is 46.4 Å². The predicted molar refractivity (Wildman–Crippen MR) is 315 cm³/mol. The Morgan fingerprint density at radius 2 is 1.58 bits per heavy atom. The van der Waals surface area contributed by atoms with E-state index in [-0.39, 0.29) is 75.0 Å². The van der Waals surface area contributed by atoms with Gasteiger partial charge in [0.25, 0.3) is 5.91 Å². The van der Waals surface area contributed by atoms with Crippen LogP contribution < -0.4 is 31.5 Å². The van der Waals surface area contributed by atoms with Crippen LogP contribution in [0.15, 0.2) is 84.4 Å². The lowest BCUT2D eigenvalue weighted by Crippen LogP contribution is -2.58. The average molecular weight is 1160 g/mol. The smallest absolute Gasteiger partial charge is 0.258 e. The zero-order valence-corrected chi connectivity index (χ0v) is 48.6. The predicted octanol–water partition coefficient (Wildman–Crippen LogP) is 7.06. The van der Waals surface area contributed by atoms with E-state index in [1.54, 1.807) is 16.2 Å². The van der Waals surface area contributed by atoms with E-state index >= 15 is 0 Å². The first-order valence-corrected chi connectivity index (χ1v) is 29.3. The van der Waals surface area contributed by atoms with Crippen LogP contribution in [0, 0.1) is 29.9 Å². The summed E-state index contributed by atoms with van der Waals surface area (Å²) in [5.74, 6) is -2.33. The second-order valence-corrected chi connectivity index (χ2v) is 23.6. The SMILES string of the molecule is Cc1ncsc1-c1ccc(CNC(=O)[C@@H]2C[C@@H](C)CN2C(=O)[C@@H](NC(=O)COCCOCCNC(=O)CN2CCN(c3ccc(C(=O)Nc4n[nH]c5ccc(Cc6cc(F)cc(F)c6)cc45)c(NC4CCOCC4)c3)CC2)C(C)(C)C)cc1. The van der Waals surface area contributed by atoms with E-state index in [9.17, 15) is 32.8 Å². The van der Waals surface area contributed by atoms with Crippen molar-refractivity contribution in [2.75, 3.05) is 101 Å². The quantitative estimate of drug-likeness (QED) is 0.0354. The number of fused-ring (bicyclic) bond motifs is 1. The largest absolute Gasteiger partial charge is 0.381 e. The molecule has 0 radical (unpaired) electrons. The fourth-order valence-electron chi connectivity index (χ4n) is 10.8. The summed E-state index contributed by atoms with van der Waals surface area (Å²) in [6.07, 6.45) is 2.39. The van der Waals surface area contributed by atoms with Crippen LogP contribution in [0.3, 0.4) is 0 Å². The Morgan fingerprint density at radius 1 is 0.843 bits per heavy atom. The molecule has 6 aromatic rings. The van der Waals surface area contributed by atoms with E-state index in [0.29, 0.717) is 99.0 Å². The fraction of sp³-hybridized carbons (Fsp3) is 0.459. The van der Waals surface area contributed by atoms with Crippen molar-refractivity contribution in [3.05, 3.63) is 124 Å². The number of piperazine rings is 1. The van der Waals surface area contributed by atoms with Gasteiger partial charge in [-0.3, -0.25) is 34.0 Å². The minimum absolute atomic E-state index is 0.101. The van der Waals surface area contributed by atoms with Crippen molar-refractivity contribution < 1.29 is 47.0 Å². The highest BCUT2D eigenvalue weighted by atomic mass is 32.1. The molecule has 83 heavy (non-hydrogen) atoms. The zero-order chi connectivity index (χ0) is 58.6. The molecule has 5 amide bonds. The maximum Gasteiger partial charge on any atom is 0.258 e. The monoisotopic (exact) mass is 1160 g/mol. The van der Waals surface area contributed by atoms with Crippen LogP contribution in [-0.4, -0.2) is 158 Å². The lowest BCUT2D eigenvalue weighted by atomic mass is 9.85. The maximum absolute atomic E-state index is 14.1. The van der Waals surface area contributed by atoms with Gasteiger partial charge in [0.05, 0.1) is 53.5 Å². The molecular weight excluding hydrogens is 1080 g/mol. The number of carbonyl (C=O) groups is 5. The molecule has 4 aromatic carbocycles. The minimum Gasteiger partial charge on any atom is -0.381 e. The molecule has 442 valence electrons. The third kappa shape index (κ3) is 16.3. The molecule has 0 unspecified atom stereocenters. The van der Waals surface area contributed by atoms with Gasteiger partial charge in [0.2, 0.25) is 23.6 Å². The number of likely N-dealkylation sites (tertiary alicyclic amines) is 1. The lowest BCUT2D eigenvalue weighted by molar-refractivity contribution is -0.144. The standard InChI is InChI=1S/C61H75F2N11O8S/c1-38-26-52(59(78)65-33-40-6-9-43(10-7-40)55-39(2)66-37-83-55)74(34-38)60(79)56(61(3,4)5)68-54(76)36-82-25-24-81-23-16-64-53(75)35-72-17-19-73(20-18-72)47-11-12-48(51(32-47)67-46-14-21-80-22-15-46)58(77)69-57-49-30-41(8-13-50(49)70-71-57)27-42-28-44(62)31-45(63)29-42/h6-13,28-32,37-38,46,52,56,67H,14-27,33-36H2,1-5H3,(H,64,75)(H,65,78)(H,68,76)(H2,69,70,71,77)/t38-,52+,56-/m1/s1. The summed E-state index contributed by atoms with van der Waals surface area (Å²) >= 11 is 1.59.